The molecule has 28 heavy (non-hydrogen) atoms. The normalized spacial score (nSPS) is 11.1. The molecule has 0 aliphatic heterocycles. The fourth-order valence-corrected chi connectivity index (χ4v) is 4.24. The fourth-order valence-electron chi connectivity index (χ4n) is 4.24. The van der Waals surface area contributed by atoms with Gasteiger partial charge in [-0.3, -0.25) is 0 Å². The average Bonchev–Trinajstić information content (AvgIpc) is 2.72. The van der Waals surface area contributed by atoms with E-state index in [1.54, 1.807) is 0 Å². The third-order valence-electron chi connectivity index (χ3n) is 5.90. The van der Waals surface area contributed by atoms with Crippen molar-refractivity contribution in [2.24, 2.45) is 7.05 Å². The number of rotatable bonds is 7. The molecule has 0 unspecified atom stereocenters. The summed E-state index contributed by atoms with van der Waals surface area (Å²) in [6.07, 6.45) is 2.18. The molecular formula is C25H34N3+. The second-order valence-corrected chi connectivity index (χ2v) is 7.34. The van der Waals surface area contributed by atoms with Gasteiger partial charge in [-0.05, 0) is 63.8 Å². The molecule has 0 N–H and O–H groups in total. The Kier molecular flexibility index (Phi) is 6.23. The zero-order chi connectivity index (χ0) is 20.3. The zero-order valence-electron chi connectivity index (χ0n) is 18.3. The van der Waals surface area contributed by atoms with Gasteiger partial charge in [0.25, 0.3) is 0 Å². The molecule has 0 fully saturated rings. The topological polar surface area (TPSA) is 10.4 Å². The molecule has 0 saturated heterocycles. The van der Waals surface area contributed by atoms with Gasteiger partial charge in [0.2, 0.25) is 5.69 Å². The highest BCUT2D eigenvalue weighted by Gasteiger charge is 2.22. The first-order valence-electron chi connectivity index (χ1n) is 10.6. The van der Waals surface area contributed by atoms with Crippen molar-refractivity contribution < 1.29 is 4.57 Å². The molecule has 0 aliphatic carbocycles. The van der Waals surface area contributed by atoms with Gasteiger partial charge >= 0.3 is 0 Å². The second-order valence-electron chi connectivity index (χ2n) is 7.34. The van der Waals surface area contributed by atoms with E-state index in [1.807, 2.05) is 0 Å². The molecule has 0 aliphatic rings. The Balaban J connectivity index is 2.36. The monoisotopic (exact) mass is 376 g/mol. The number of nitrogens with zero attached hydrogens (tertiary/aromatic N) is 3. The molecule has 2 aromatic carbocycles. The Morgan fingerprint density at radius 1 is 0.821 bits per heavy atom. The van der Waals surface area contributed by atoms with E-state index < -0.39 is 0 Å². The SMILES string of the molecule is CCN(CC)c1cc(-c2c3ccccc3cc[n+]2C)c(C)c(N(CC)CC)c1. The maximum absolute atomic E-state index is 2.47. The van der Waals surface area contributed by atoms with Crippen molar-refractivity contribution in [2.45, 2.75) is 34.6 Å². The molecule has 3 aromatic rings. The van der Waals surface area contributed by atoms with Crippen LogP contribution in [0, 0.1) is 6.92 Å². The van der Waals surface area contributed by atoms with Gasteiger partial charge < -0.3 is 9.80 Å². The summed E-state index contributed by atoms with van der Waals surface area (Å²) >= 11 is 0. The average molecular weight is 377 g/mol. The summed E-state index contributed by atoms with van der Waals surface area (Å²) in [5.74, 6) is 0. The molecule has 0 atom stereocenters. The quantitative estimate of drug-likeness (QED) is 0.516. The van der Waals surface area contributed by atoms with E-state index in [4.69, 9.17) is 0 Å². The first-order valence-corrected chi connectivity index (χ1v) is 10.6. The van der Waals surface area contributed by atoms with Crippen LogP contribution in [-0.2, 0) is 7.05 Å². The number of anilines is 2. The molecule has 3 nitrogen and oxygen atoms in total. The molecule has 0 bridgehead atoms. The lowest BCUT2D eigenvalue weighted by atomic mass is 9.96. The van der Waals surface area contributed by atoms with E-state index in [1.165, 1.54) is 39.0 Å². The van der Waals surface area contributed by atoms with Crippen molar-refractivity contribution in [3.63, 3.8) is 0 Å². The van der Waals surface area contributed by atoms with E-state index in [9.17, 15) is 0 Å². The van der Waals surface area contributed by atoms with E-state index in [0.717, 1.165) is 26.2 Å². The first kappa shape index (κ1) is 20.2. The van der Waals surface area contributed by atoms with Crippen molar-refractivity contribution >= 4 is 22.1 Å². The third-order valence-corrected chi connectivity index (χ3v) is 5.90. The summed E-state index contributed by atoms with van der Waals surface area (Å²) in [5.41, 5.74) is 6.62. The molecule has 1 aromatic heterocycles. The van der Waals surface area contributed by atoms with Crippen molar-refractivity contribution in [1.82, 2.24) is 0 Å². The number of hydrogen-bond acceptors (Lipinski definition) is 2. The highest BCUT2D eigenvalue weighted by molar-refractivity contribution is 5.95. The number of aromatic nitrogens is 1. The third kappa shape index (κ3) is 3.58. The van der Waals surface area contributed by atoms with E-state index in [0.29, 0.717) is 0 Å². The standard InChI is InChI=1S/C25H34N3/c1-7-27(8-2)21-17-23(19(5)24(18-21)28(9-3)10-4)25-22-14-12-11-13-20(22)15-16-26(25)6/h11-18H,7-10H2,1-6H3/q+1. The summed E-state index contributed by atoms with van der Waals surface area (Å²) in [4.78, 5) is 4.91. The largest absolute Gasteiger partial charge is 0.372 e. The van der Waals surface area contributed by atoms with E-state index >= 15 is 0 Å². The second kappa shape index (κ2) is 8.64. The van der Waals surface area contributed by atoms with Gasteiger partial charge in [0, 0.05) is 43.6 Å². The Bertz CT molecular complexity index is 953. The minimum absolute atomic E-state index is 1.01. The molecule has 0 saturated carbocycles. The van der Waals surface area contributed by atoms with Crippen LogP contribution in [0.2, 0.25) is 0 Å². The summed E-state index contributed by atoms with van der Waals surface area (Å²) in [6, 6.07) is 15.7. The number of aryl methyl sites for hydroxylation is 1. The molecule has 1 heterocycles. The number of fused-ring (bicyclic) bond motifs is 1. The van der Waals surface area contributed by atoms with Crippen LogP contribution in [0.5, 0.6) is 0 Å². The highest BCUT2D eigenvalue weighted by atomic mass is 15.1. The lowest BCUT2D eigenvalue weighted by Gasteiger charge is -2.28. The lowest BCUT2D eigenvalue weighted by Crippen LogP contribution is -2.31. The van der Waals surface area contributed by atoms with Gasteiger partial charge in [-0.2, -0.15) is 0 Å². The van der Waals surface area contributed by atoms with Crippen molar-refractivity contribution in [1.29, 1.82) is 0 Å². The fraction of sp³-hybridized carbons (Fsp3) is 0.400. The predicted octanol–water partition coefficient (Wildman–Crippen LogP) is 5.33. The summed E-state index contributed by atoms with van der Waals surface area (Å²) in [6.45, 7) is 15.3. The van der Waals surface area contributed by atoms with Crippen LogP contribution in [0.15, 0.2) is 48.7 Å². The van der Waals surface area contributed by atoms with Gasteiger partial charge in [-0.1, -0.05) is 18.2 Å². The maximum Gasteiger partial charge on any atom is 0.220 e. The van der Waals surface area contributed by atoms with Crippen molar-refractivity contribution in [2.75, 3.05) is 36.0 Å². The molecule has 0 amide bonds. The van der Waals surface area contributed by atoms with Crippen LogP contribution < -0.4 is 14.4 Å². The molecule has 0 spiro atoms. The number of hydrogen-bond donors (Lipinski definition) is 0. The van der Waals surface area contributed by atoms with E-state index in [2.05, 4.69) is 105 Å². The highest BCUT2D eigenvalue weighted by Crippen LogP contribution is 2.37. The van der Waals surface area contributed by atoms with Crippen LogP contribution in [0.25, 0.3) is 22.0 Å². The van der Waals surface area contributed by atoms with Crippen LogP contribution in [-0.4, -0.2) is 26.2 Å². The van der Waals surface area contributed by atoms with Gasteiger partial charge in [-0.15, -0.1) is 0 Å². The van der Waals surface area contributed by atoms with Crippen molar-refractivity contribution in [3.8, 4) is 11.3 Å². The number of benzene rings is 2. The van der Waals surface area contributed by atoms with E-state index in [-0.39, 0.29) is 0 Å². The Morgan fingerprint density at radius 3 is 2.11 bits per heavy atom. The molecule has 0 radical (unpaired) electrons. The Hall–Kier alpha value is -2.55. The smallest absolute Gasteiger partial charge is 0.220 e. The zero-order valence-corrected chi connectivity index (χ0v) is 18.3. The van der Waals surface area contributed by atoms with Crippen LogP contribution in [0.4, 0.5) is 11.4 Å². The Labute approximate surface area is 170 Å². The molecule has 3 heteroatoms. The minimum atomic E-state index is 1.01. The number of pyridine rings is 1. The van der Waals surface area contributed by atoms with Gasteiger partial charge in [0.1, 0.15) is 7.05 Å². The summed E-state index contributed by atoms with van der Waals surface area (Å²) < 4.78 is 2.27. The van der Waals surface area contributed by atoms with Gasteiger partial charge in [0.05, 0.1) is 10.9 Å². The molecular weight excluding hydrogens is 342 g/mol. The maximum atomic E-state index is 2.47. The van der Waals surface area contributed by atoms with Crippen LogP contribution >= 0.6 is 0 Å². The van der Waals surface area contributed by atoms with Gasteiger partial charge in [-0.25, -0.2) is 4.57 Å². The summed E-state index contributed by atoms with van der Waals surface area (Å²) in [7, 11) is 2.16. The minimum Gasteiger partial charge on any atom is -0.372 e. The van der Waals surface area contributed by atoms with Crippen molar-refractivity contribution in [3.05, 3.63) is 54.2 Å². The molecule has 3 rings (SSSR count). The predicted molar refractivity (Wildman–Crippen MR) is 122 cm³/mol. The van der Waals surface area contributed by atoms with Gasteiger partial charge in [0.15, 0.2) is 6.20 Å². The summed E-state index contributed by atoms with van der Waals surface area (Å²) in [5, 5.41) is 2.59. The Morgan fingerprint density at radius 2 is 1.46 bits per heavy atom. The first-order chi connectivity index (χ1) is 13.5. The van der Waals surface area contributed by atoms with Crippen LogP contribution in [0.1, 0.15) is 33.3 Å². The lowest BCUT2D eigenvalue weighted by molar-refractivity contribution is -0.659. The van der Waals surface area contributed by atoms with Crippen LogP contribution in [0.3, 0.4) is 0 Å². The molecule has 148 valence electrons.